The summed E-state index contributed by atoms with van der Waals surface area (Å²) in [7, 11) is 9.84. The maximum atomic E-state index is 11.6. The summed E-state index contributed by atoms with van der Waals surface area (Å²) >= 11 is 3.40. The van der Waals surface area contributed by atoms with Crippen molar-refractivity contribution in [3.8, 4) is 5.75 Å². The molecule has 0 bridgehead atoms. The average molecular weight is 2090 g/mol. The van der Waals surface area contributed by atoms with Gasteiger partial charge in [-0.05, 0) is 166 Å². The Morgan fingerprint density at radius 2 is 0.929 bits per heavy atom. The summed E-state index contributed by atoms with van der Waals surface area (Å²) in [5, 5.41) is 28.2. The third-order valence-corrected chi connectivity index (χ3v) is 19.1. The van der Waals surface area contributed by atoms with E-state index in [1.54, 1.807) is 13.0 Å². The largest absolute Gasteiger partial charge is 1.00 e. The van der Waals surface area contributed by atoms with Crippen LogP contribution in [0.2, 0.25) is 0 Å². The molecule has 2 aliphatic carbocycles. The number of Topliss-reactive ketones (excluding diaryl/α,β-unsaturated/α-hetero) is 2. The van der Waals surface area contributed by atoms with E-state index in [0.717, 1.165) is 105 Å². The number of hydrogen-bond donors (Lipinski definition) is 3. The molecule has 7 aromatic rings. The van der Waals surface area contributed by atoms with Gasteiger partial charge in [0.15, 0.2) is 5.78 Å². The molecule has 0 spiro atoms. The van der Waals surface area contributed by atoms with E-state index in [-0.39, 0.29) is 296 Å². The van der Waals surface area contributed by atoms with Gasteiger partial charge in [-0.2, -0.15) is 118 Å². The van der Waals surface area contributed by atoms with E-state index in [1.165, 1.54) is 119 Å². The third kappa shape index (κ3) is 59.1. The van der Waals surface area contributed by atoms with Crippen molar-refractivity contribution in [2.45, 2.75) is 188 Å². The Morgan fingerprint density at radius 1 is 0.508 bits per heavy atom. The van der Waals surface area contributed by atoms with Crippen LogP contribution >= 0.6 is 15.9 Å². The van der Waals surface area contributed by atoms with Crippen LogP contribution in [0.5, 0.6) is 5.75 Å². The Balaban J connectivity index is -0.000000207. The maximum Gasteiger partial charge on any atom is 1.00 e. The number of carbonyl (C=O) groups excluding carboxylic acids is 8. The van der Waals surface area contributed by atoms with Gasteiger partial charge in [-0.1, -0.05) is 146 Å². The molecule has 2 aliphatic rings. The zero-order chi connectivity index (χ0) is 89.5. The first-order valence-electron chi connectivity index (χ1n) is 39.0. The summed E-state index contributed by atoms with van der Waals surface area (Å²) < 4.78 is 28.0. The molecule has 7 N–H and O–H groups in total. The second-order valence-electron chi connectivity index (χ2n) is 29.9. The van der Waals surface area contributed by atoms with Crippen LogP contribution in [0.4, 0.5) is 0 Å². The van der Waals surface area contributed by atoms with Crippen LogP contribution in [0, 0.1) is 116 Å². The smallest absolute Gasteiger partial charge is 0.870 e. The molecule has 0 aliphatic heterocycles. The van der Waals surface area contributed by atoms with Gasteiger partial charge in [-0.3, -0.25) is 33.8 Å². The van der Waals surface area contributed by atoms with Crippen molar-refractivity contribution in [3.05, 3.63) is 274 Å². The number of nitrogens with zero attached hydrogens (tertiary/aromatic N) is 1. The number of rotatable bonds is 20. The van der Waals surface area contributed by atoms with Crippen molar-refractivity contribution in [1.29, 1.82) is 0 Å². The fourth-order valence-corrected chi connectivity index (χ4v) is 12.1. The monoisotopic (exact) mass is 2090 g/mol. The van der Waals surface area contributed by atoms with E-state index in [0.29, 0.717) is 60.1 Å². The zero-order valence-electron chi connectivity index (χ0n) is 79.4. The predicted octanol–water partition coefficient (Wildman–Crippen LogP) is 6.20. The first-order chi connectivity index (χ1) is 55.6. The van der Waals surface area contributed by atoms with Gasteiger partial charge in [-0.25, -0.2) is 14.4 Å². The predicted molar refractivity (Wildman–Crippen MR) is 476 cm³/mol. The number of phenols is 1. The summed E-state index contributed by atoms with van der Waals surface area (Å²) in [6, 6.07) is 50.7. The minimum absolute atomic E-state index is 0. The van der Waals surface area contributed by atoms with E-state index in [9.17, 15) is 53.4 Å². The first-order valence-corrected chi connectivity index (χ1v) is 39.7. The van der Waals surface area contributed by atoms with Gasteiger partial charge >= 0.3 is 269 Å². The molecule has 9 rings (SSSR count). The number of carboxylic acid groups (broad SMARTS) is 1. The number of hydrogen-bond acceptors (Lipinski definition) is 22. The van der Waals surface area contributed by atoms with Crippen LogP contribution in [0.15, 0.2) is 160 Å². The molecule has 0 fully saturated rings. The molecule has 672 valence electrons. The molecule has 6 unspecified atom stereocenters. The molecule has 0 saturated heterocycles. The van der Waals surface area contributed by atoms with Crippen molar-refractivity contribution in [2.75, 3.05) is 49.7 Å². The van der Waals surface area contributed by atoms with Gasteiger partial charge in [0.1, 0.15) is 35.8 Å². The van der Waals surface area contributed by atoms with Crippen LogP contribution in [-0.4, -0.2) is 146 Å². The van der Waals surface area contributed by atoms with Crippen LogP contribution in [0.1, 0.15) is 193 Å². The topological polar surface area (TPSA) is 402 Å². The first kappa shape index (κ1) is 138. The number of halogens is 1. The number of phenolic OH excluding ortho intramolecular Hbond substituents is 1. The van der Waals surface area contributed by atoms with Gasteiger partial charge in [-0.15, -0.1) is 16.7 Å². The molecule has 28 heteroatoms. The number of aliphatic imine (C=N–C) groups is 1. The van der Waals surface area contributed by atoms with Gasteiger partial charge < -0.3 is 65.6 Å². The number of ether oxygens (including phenoxy) is 6. The SMILES string of the molecule is CN=C1CC(C)Cc2c[c-]c(C)cc21.CO/C=C(/C(C)=O)C(=O)OC.COC(=O)/C=C(\C)C(O)c1ccc(C)c(C)c1.COC(=O)/C=C(\C)C=O.COC(=O)CC(C)Cc1c[c-]c(C)cc1.COC(=O)CC(C)Cc1ccc(C)c(O)c1.Cc1[c-]cc(CC(C)CC(=O)O)cc1.Cc1[c-]cc2c(c1)C(=O)CC(C)C2.Cc1ccc(Br)cc1C.[OH-].[OH-].[OH-].[OH-].[Rb+].[Rb+].[Rb+].[Rb+]. The summed E-state index contributed by atoms with van der Waals surface area (Å²) in [5.41, 5.74) is 21.5. The van der Waals surface area contributed by atoms with Crippen molar-refractivity contribution in [1.82, 2.24) is 0 Å². The van der Waals surface area contributed by atoms with Crippen molar-refractivity contribution in [3.63, 3.8) is 0 Å². The summed E-state index contributed by atoms with van der Waals surface area (Å²) in [6.45, 7) is 33.1. The normalized spacial score (nSPS) is 13.4. The molecular weight excluding hydrogens is 1960 g/mol. The number of aldehydes is 1. The second kappa shape index (κ2) is 76.7. The molecule has 7 aromatic carbocycles. The molecule has 126 heavy (non-hydrogen) atoms. The number of allylic oxidation sites excluding steroid dienone is 1. The number of esters is 5. The van der Waals surface area contributed by atoms with E-state index >= 15 is 0 Å². The van der Waals surface area contributed by atoms with Crippen molar-refractivity contribution < 1.29 is 342 Å². The van der Waals surface area contributed by atoms with Gasteiger partial charge in [0.2, 0.25) is 0 Å². The minimum Gasteiger partial charge on any atom is -0.870 e. The fourth-order valence-electron chi connectivity index (χ4n) is 11.7. The summed E-state index contributed by atoms with van der Waals surface area (Å²) in [5.74, 6) is -0.534. The minimum atomic E-state index is -0.770. The Bertz CT molecular complexity index is 4540. The van der Waals surface area contributed by atoms with Crippen LogP contribution in [0.3, 0.4) is 0 Å². The van der Waals surface area contributed by atoms with Crippen LogP contribution in [0.25, 0.3) is 0 Å². The molecule has 0 heterocycles. The molecule has 6 atom stereocenters. The Hall–Kier alpha value is -3.64. The van der Waals surface area contributed by atoms with Gasteiger partial charge in [0.05, 0.1) is 42.7 Å². The molecular formula is C98H128BrNO22Rb4-4. The quantitative estimate of drug-likeness (QED) is 0.0112. The van der Waals surface area contributed by atoms with Gasteiger partial charge in [0, 0.05) is 55.1 Å². The number of methoxy groups -OCH3 is 6. The fraction of sp³-hybridized carbons (Fsp3) is 0.408. The average Bonchev–Trinajstić information content (AvgIpc) is 0.787. The van der Waals surface area contributed by atoms with E-state index < -0.39 is 30.0 Å². The van der Waals surface area contributed by atoms with E-state index in [4.69, 9.17) is 5.11 Å². The number of fused-ring (bicyclic) bond motifs is 2. The standard InChI is InChI=1S/C14H18O3.C13H16N.C13H18O3.C13H17O2.C12H15O2.C12H13O.C8H9Br.C7H10O4.C6H8O3.4H2O.4Rb/c1-9-5-6-12(7-10(9)2)14(16)11(3)8-13(15)17-4;1-9-4-5-11-6-10(2)8-13(14-3)12(11)7-9;1-9(7-13(15)16-3)6-11-5-4-10(2)12(14)8-11;1-10-4-6-12(7-5-10)8-11(2)9-13(14)15-3;1-9-3-5-11(6-4-9)7-10(2)8-12(13)14;1-8-3-4-10-5-9(2)7-12(13)11(10)6-8;1-6-3-4-8(9)5-7(6)2;1-5(8)6(4-10-2)7(9)11-3;1-5(4-7)3-6(8)9-2;;;;;;;;/h5-8,14,16H,1-4H3;5,7,10H,6,8H2,1-3H3;4-5,8-9,14H,6-7H2,1-3H3;4,6-7,11H,8-9H2,1-3H3;3,5-6,10H,7-8H2,1-2H3,(H,13,14);4,6,9H,5,7H2,1-2H3;3-5H,1-2H3;4H,1-3H3;3-4H,1-2H3;4*1H2;;;;/q;-1;;3*-1;;;;;;;;4*+1/p-4/b11-8+;;;;;;;6-4-;5-3+;;;;;;;;. The number of aliphatic hydroxyl groups excluding tert-OH is 1. The van der Waals surface area contributed by atoms with Gasteiger partial charge in [0.25, 0.3) is 0 Å². The Labute approximate surface area is 953 Å². The molecule has 0 saturated carbocycles. The second-order valence-corrected chi connectivity index (χ2v) is 30.8. The molecule has 0 amide bonds. The van der Waals surface area contributed by atoms with Crippen molar-refractivity contribution >= 4 is 75.3 Å². The number of carbonyl (C=O) groups is 9. The van der Waals surface area contributed by atoms with Crippen LogP contribution in [-0.2, 0) is 98.9 Å². The molecule has 0 radical (unpaired) electrons. The summed E-state index contributed by atoms with van der Waals surface area (Å²) in [6.07, 6.45) is 10.9. The molecule has 0 aromatic heterocycles. The number of benzene rings is 7. The van der Waals surface area contributed by atoms with Crippen molar-refractivity contribution in [2.24, 2.45) is 34.6 Å². The van der Waals surface area contributed by atoms with E-state index in [1.807, 2.05) is 135 Å². The number of aromatic hydroxyl groups is 1. The number of ketones is 2. The third-order valence-electron chi connectivity index (χ3n) is 18.6. The molecule has 23 nitrogen and oxygen atoms in total. The Morgan fingerprint density at radius 3 is 1.33 bits per heavy atom. The number of aliphatic hydroxyl groups is 1. The number of aliphatic carboxylic acids is 1. The Kier molecular flexibility index (Phi) is 83.9. The number of carboxylic acids is 1. The summed E-state index contributed by atoms with van der Waals surface area (Å²) in [4.78, 5) is 101. The maximum absolute atomic E-state index is 11.6. The van der Waals surface area contributed by atoms with Crippen LogP contribution < -0.4 is 233 Å². The zero-order valence-corrected chi connectivity index (χ0v) is 101. The van der Waals surface area contributed by atoms with E-state index in [2.05, 4.69) is 152 Å². The number of aryl methyl sites for hydroxylation is 9.